The van der Waals surface area contributed by atoms with E-state index < -0.39 is 5.51 Å². The van der Waals surface area contributed by atoms with Crippen molar-refractivity contribution in [2.45, 2.75) is 19.0 Å². The molecule has 0 bridgehead atoms. The van der Waals surface area contributed by atoms with Gasteiger partial charge < -0.3 is 14.8 Å². The summed E-state index contributed by atoms with van der Waals surface area (Å²) in [6.45, 7) is 3.88. The fourth-order valence-corrected chi connectivity index (χ4v) is 2.09. The topological polar surface area (TPSA) is 30.5 Å². The van der Waals surface area contributed by atoms with Gasteiger partial charge >= 0.3 is 5.51 Å². The molecule has 0 radical (unpaired) electrons. The van der Waals surface area contributed by atoms with E-state index >= 15 is 0 Å². The molecular weight excluding hydrogens is 303 g/mol. The van der Waals surface area contributed by atoms with Crippen molar-refractivity contribution in [3.8, 4) is 5.75 Å². The summed E-state index contributed by atoms with van der Waals surface area (Å²) >= 11 is -0.0709. The summed E-state index contributed by atoms with van der Waals surface area (Å²) in [6, 6.07) is 5.64. The third-order valence-electron chi connectivity index (χ3n) is 2.62. The molecule has 1 aromatic rings. The molecule has 0 spiro atoms. The summed E-state index contributed by atoms with van der Waals surface area (Å²) in [5.41, 5.74) is -2.19. The lowest BCUT2D eigenvalue weighted by molar-refractivity contribution is -0.0329. The number of aryl methyl sites for hydroxylation is 1. The molecule has 3 nitrogen and oxygen atoms in total. The highest BCUT2D eigenvalue weighted by Crippen LogP contribution is 2.30. The van der Waals surface area contributed by atoms with E-state index in [0.29, 0.717) is 25.4 Å². The predicted molar refractivity (Wildman–Crippen MR) is 78.8 cm³/mol. The standard InChI is InChI=1S/C14H20F3NO2S/c1-11-3-4-13(20-7-8-21-14(15,16)17)12(9-11)10-18-5-6-19-2/h3-4,9,18H,5-8,10H2,1-2H3. The van der Waals surface area contributed by atoms with Crippen LogP contribution in [0.3, 0.4) is 0 Å². The summed E-state index contributed by atoms with van der Waals surface area (Å²) < 4.78 is 46.5. The molecule has 0 atom stereocenters. The highest BCUT2D eigenvalue weighted by atomic mass is 32.2. The molecule has 120 valence electrons. The Morgan fingerprint density at radius 2 is 2.00 bits per heavy atom. The molecule has 0 saturated heterocycles. The van der Waals surface area contributed by atoms with Crippen LogP contribution in [0.2, 0.25) is 0 Å². The maximum absolute atomic E-state index is 12.0. The van der Waals surface area contributed by atoms with Crippen LogP contribution in [0.25, 0.3) is 0 Å². The Labute approximate surface area is 127 Å². The van der Waals surface area contributed by atoms with Crippen LogP contribution in [-0.4, -0.2) is 38.1 Å². The number of nitrogens with one attached hydrogen (secondary N) is 1. The molecule has 1 aromatic carbocycles. The molecule has 0 aliphatic carbocycles. The number of hydrogen-bond donors (Lipinski definition) is 1. The second kappa shape index (κ2) is 9.17. The second-order valence-corrected chi connectivity index (χ2v) is 5.58. The van der Waals surface area contributed by atoms with Crippen molar-refractivity contribution in [3.05, 3.63) is 29.3 Å². The Bertz CT molecular complexity index is 427. The molecule has 1 rings (SSSR count). The molecule has 0 aromatic heterocycles. The van der Waals surface area contributed by atoms with Crippen molar-refractivity contribution in [1.29, 1.82) is 0 Å². The smallest absolute Gasteiger partial charge is 0.441 e. The van der Waals surface area contributed by atoms with Gasteiger partial charge in [0.15, 0.2) is 0 Å². The van der Waals surface area contributed by atoms with E-state index in [1.54, 1.807) is 13.2 Å². The minimum atomic E-state index is -4.21. The van der Waals surface area contributed by atoms with E-state index in [2.05, 4.69) is 5.32 Å². The van der Waals surface area contributed by atoms with Crippen LogP contribution in [0.1, 0.15) is 11.1 Å². The van der Waals surface area contributed by atoms with Crippen molar-refractivity contribution >= 4 is 11.8 Å². The lowest BCUT2D eigenvalue weighted by atomic mass is 10.1. The van der Waals surface area contributed by atoms with Crippen LogP contribution >= 0.6 is 11.8 Å². The Kier molecular flexibility index (Phi) is 7.92. The third kappa shape index (κ3) is 8.18. The van der Waals surface area contributed by atoms with Crippen molar-refractivity contribution < 1.29 is 22.6 Å². The number of alkyl halides is 3. The zero-order valence-electron chi connectivity index (χ0n) is 12.1. The van der Waals surface area contributed by atoms with Crippen molar-refractivity contribution in [2.24, 2.45) is 0 Å². The fourth-order valence-electron chi connectivity index (χ4n) is 1.69. The van der Waals surface area contributed by atoms with Crippen LogP contribution in [0.15, 0.2) is 18.2 Å². The van der Waals surface area contributed by atoms with Gasteiger partial charge in [0.2, 0.25) is 0 Å². The average molecular weight is 323 g/mol. The van der Waals surface area contributed by atoms with E-state index in [9.17, 15) is 13.2 Å². The minimum Gasteiger partial charge on any atom is -0.492 e. The Balaban J connectivity index is 2.48. The molecule has 0 fully saturated rings. The molecular formula is C14H20F3NO2S. The number of thioether (sulfide) groups is 1. The molecule has 0 heterocycles. The van der Waals surface area contributed by atoms with E-state index in [-0.39, 0.29) is 24.1 Å². The predicted octanol–water partition coefficient (Wildman–Crippen LogP) is 3.36. The Morgan fingerprint density at radius 1 is 1.24 bits per heavy atom. The fraction of sp³-hybridized carbons (Fsp3) is 0.571. The van der Waals surface area contributed by atoms with Crippen LogP contribution in [0.4, 0.5) is 13.2 Å². The number of ether oxygens (including phenoxy) is 2. The molecule has 1 N–H and O–H groups in total. The van der Waals surface area contributed by atoms with Crippen LogP contribution in [0.5, 0.6) is 5.75 Å². The number of hydrogen-bond acceptors (Lipinski definition) is 4. The van der Waals surface area contributed by atoms with Crippen molar-refractivity contribution in [2.75, 3.05) is 32.6 Å². The summed E-state index contributed by atoms with van der Waals surface area (Å²) in [4.78, 5) is 0. The van der Waals surface area contributed by atoms with Gasteiger partial charge in [0, 0.05) is 31.5 Å². The summed E-state index contributed by atoms with van der Waals surface area (Å²) in [5.74, 6) is 0.502. The average Bonchev–Trinajstić information content (AvgIpc) is 2.40. The van der Waals surface area contributed by atoms with Crippen LogP contribution in [0, 0.1) is 6.92 Å². The molecule has 0 aliphatic rings. The summed E-state index contributed by atoms with van der Waals surface area (Å²) in [7, 11) is 1.63. The highest BCUT2D eigenvalue weighted by Gasteiger charge is 2.27. The number of methoxy groups -OCH3 is 1. The first-order valence-electron chi connectivity index (χ1n) is 6.55. The summed E-state index contributed by atoms with van der Waals surface area (Å²) in [5, 5.41) is 3.19. The maximum atomic E-state index is 12.0. The maximum Gasteiger partial charge on any atom is 0.441 e. The van der Waals surface area contributed by atoms with Gasteiger partial charge in [-0.2, -0.15) is 13.2 Å². The first kappa shape index (κ1) is 18.1. The van der Waals surface area contributed by atoms with Gasteiger partial charge in [0.05, 0.1) is 13.2 Å². The van der Waals surface area contributed by atoms with Crippen molar-refractivity contribution in [3.63, 3.8) is 0 Å². The van der Waals surface area contributed by atoms with E-state index in [1.165, 1.54) is 0 Å². The monoisotopic (exact) mass is 323 g/mol. The lowest BCUT2D eigenvalue weighted by Crippen LogP contribution is -2.19. The van der Waals surface area contributed by atoms with E-state index in [1.807, 2.05) is 19.1 Å². The van der Waals surface area contributed by atoms with Crippen molar-refractivity contribution in [1.82, 2.24) is 5.32 Å². The van der Waals surface area contributed by atoms with Gasteiger partial charge in [0.1, 0.15) is 5.75 Å². The van der Waals surface area contributed by atoms with Gasteiger partial charge in [0.25, 0.3) is 0 Å². The number of halogens is 3. The third-order valence-corrected chi connectivity index (χ3v) is 3.32. The van der Waals surface area contributed by atoms with Gasteiger partial charge in [-0.15, -0.1) is 0 Å². The van der Waals surface area contributed by atoms with Gasteiger partial charge in [-0.3, -0.25) is 0 Å². The van der Waals surface area contributed by atoms with Crippen LogP contribution in [-0.2, 0) is 11.3 Å². The van der Waals surface area contributed by atoms with E-state index in [4.69, 9.17) is 9.47 Å². The van der Waals surface area contributed by atoms with Gasteiger partial charge in [-0.1, -0.05) is 17.7 Å². The first-order chi connectivity index (χ1) is 9.92. The zero-order chi connectivity index (χ0) is 15.7. The van der Waals surface area contributed by atoms with Crippen LogP contribution < -0.4 is 10.1 Å². The number of rotatable bonds is 9. The SMILES string of the molecule is COCCNCc1cc(C)ccc1OCCSC(F)(F)F. The Hall–Kier alpha value is -0.920. The van der Waals surface area contributed by atoms with E-state index in [0.717, 1.165) is 11.1 Å². The first-order valence-corrected chi connectivity index (χ1v) is 7.53. The quantitative estimate of drug-likeness (QED) is 0.706. The molecule has 0 amide bonds. The molecule has 0 saturated carbocycles. The minimum absolute atomic E-state index is 0.0261. The zero-order valence-corrected chi connectivity index (χ0v) is 12.9. The lowest BCUT2D eigenvalue weighted by Gasteiger charge is -2.13. The molecule has 0 unspecified atom stereocenters. The molecule has 21 heavy (non-hydrogen) atoms. The van der Waals surface area contributed by atoms with Gasteiger partial charge in [-0.05, 0) is 24.8 Å². The second-order valence-electron chi connectivity index (χ2n) is 4.42. The molecule has 7 heteroatoms. The highest BCUT2D eigenvalue weighted by molar-refractivity contribution is 8.00. The Morgan fingerprint density at radius 3 is 2.67 bits per heavy atom. The number of benzene rings is 1. The summed E-state index contributed by atoms with van der Waals surface area (Å²) in [6.07, 6.45) is 0. The largest absolute Gasteiger partial charge is 0.492 e. The molecule has 0 aliphatic heterocycles. The van der Waals surface area contributed by atoms with Gasteiger partial charge in [-0.25, -0.2) is 0 Å². The normalized spacial score (nSPS) is 11.7.